The van der Waals surface area contributed by atoms with Gasteiger partial charge in [0.25, 0.3) is 0 Å². The summed E-state index contributed by atoms with van der Waals surface area (Å²) >= 11 is 5.87. The zero-order valence-electron chi connectivity index (χ0n) is 10.1. The fourth-order valence-electron chi connectivity index (χ4n) is 1.81. The molecule has 1 unspecified atom stereocenters. The van der Waals surface area contributed by atoms with Crippen molar-refractivity contribution in [1.29, 1.82) is 0 Å². The van der Waals surface area contributed by atoms with Gasteiger partial charge >= 0.3 is 8.56 Å². The van der Waals surface area contributed by atoms with Crippen molar-refractivity contribution in [3.8, 4) is 0 Å². The Morgan fingerprint density at radius 1 is 1.19 bits per heavy atom. The van der Waals surface area contributed by atoms with Crippen molar-refractivity contribution in [2.45, 2.75) is 13.0 Å². The van der Waals surface area contributed by atoms with Crippen LogP contribution in [0.15, 0.2) is 30.3 Å². The molecule has 0 bridgehead atoms. The predicted molar refractivity (Wildman–Crippen MR) is 70.5 cm³/mol. The monoisotopic (exact) mass is 258 g/mol. The van der Waals surface area contributed by atoms with E-state index >= 15 is 0 Å². The van der Waals surface area contributed by atoms with Gasteiger partial charge in [-0.15, -0.1) is 11.6 Å². The van der Waals surface area contributed by atoms with E-state index in [1.54, 1.807) is 14.2 Å². The van der Waals surface area contributed by atoms with E-state index in [1.807, 2.05) is 18.2 Å². The summed E-state index contributed by atoms with van der Waals surface area (Å²) in [6, 6.07) is 11.0. The summed E-state index contributed by atoms with van der Waals surface area (Å²) in [5, 5.41) is 1.16. The summed E-state index contributed by atoms with van der Waals surface area (Å²) in [5.41, 5.74) is 0. The second-order valence-corrected chi connectivity index (χ2v) is 7.61. The summed E-state index contributed by atoms with van der Waals surface area (Å²) in [7, 11) is 1.16. The molecule has 1 aromatic carbocycles. The lowest BCUT2D eigenvalue weighted by molar-refractivity contribution is 0.252. The second kappa shape index (κ2) is 6.40. The first kappa shape index (κ1) is 13.7. The lowest BCUT2D eigenvalue weighted by Gasteiger charge is -2.29. The Kier molecular flexibility index (Phi) is 5.48. The van der Waals surface area contributed by atoms with Crippen molar-refractivity contribution in [1.82, 2.24) is 0 Å². The van der Waals surface area contributed by atoms with Crippen molar-refractivity contribution in [2.75, 3.05) is 20.1 Å². The van der Waals surface area contributed by atoms with Crippen LogP contribution in [0.3, 0.4) is 0 Å². The molecular weight excluding hydrogens is 240 g/mol. The van der Waals surface area contributed by atoms with Crippen molar-refractivity contribution in [2.24, 2.45) is 5.92 Å². The van der Waals surface area contributed by atoms with E-state index in [0.29, 0.717) is 11.8 Å². The molecule has 0 amide bonds. The molecule has 1 aromatic rings. The largest absolute Gasteiger partial charge is 0.394 e. The molecule has 0 saturated heterocycles. The van der Waals surface area contributed by atoms with Gasteiger partial charge in [-0.25, -0.2) is 0 Å². The Balaban J connectivity index is 2.96. The molecule has 0 aromatic heterocycles. The van der Waals surface area contributed by atoms with Crippen LogP contribution in [0, 0.1) is 5.92 Å². The first-order chi connectivity index (χ1) is 7.68. The second-order valence-electron chi connectivity index (χ2n) is 3.99. The smallest absolute Gasteiger partial charge is 0.372 e. The molecule has 0 saturated carbocycles. The molecule has 0 N–H and O–H groups in total. The molecule has 2 nitrogen and oxygen atoms in total. The average Bonchev–Trinajstić information content (AvgIpc) is 2.37. The topological polar surface area (TPSA) is 18.5 Å². The fraction of sp³-hybridized carbons (Fsp3) is 0.500. The zero-order chi connectivity index (χ0) is 12.0. The number of benzene rings is 1. The van der Waals surface area contributed by atoms with Crippen molar-refractivity contribution in [3.05, 3.63) is 30.3 Å². The minimum Gasteiger partial charge on any atom is -0.394 e. The number of alkyl halides is 1. The van der Waals surface area contributed by atoms with Crippen LogP contribution in [0.5, 0.6) is 0 Å². The minimum atomic E-state index is -2.29. The molecular formula is C12H19ClO2Si. The number of hydrogen-bond acceptors (Lipinski definition) is 2. The first-order valence-corrected chi connectivity index (χ1v) is 7.96. The number of halogens is 1. The van der Waals surface area contributed by atoms with Crippen LogP contribution in [0.25, 0.3) is 0 Å². The van der Waals surface area contributed by atoms with Gasteiger partial charge in [-0.2, -0.15) is 0 Å². The molecule has 0 spiro atoms. The predicted octanol–water partition coefficient (Wildman–Crippen LogP) is 2.50. The summed E-state index contributed by atoms with van der Waals surface area (Å²) in [6.07, 6.45) is 0. The van der Waals surface area contributed by atoms with E-state index in [4.69, 9.17) is 20.5 Å². The van der Waals surface area contributed by atoms with Gasteiger partial charge in [0.2, 0.25) is 0 Å². The van der Waals surface area contributed by atoms with E-state index in [-0.39, 0.29) is 0 Å². The van der Waals surface area contributed by atoms with Gasteiger partial charge in [-0.1, -0.05) is 37.3 Å². The highest BCUT2D eigenvalue weighted by Crippen LogP contribution is 2.19. The molecule has 0 heterocycles. The number of hydrogen-bond donors (Lipinski definition) is 0. The Labute approximate surface area is 104 Å². The van der Waals surface area contributed by atoms with Crippen LogP contribution in [0.1, 0.15) is 6.92 Å². The molecule has 4 heteroatoms. The fourth-order valence-corrected chi connectivity index (χ4v) is 5.07. The average molecular weight is 259 g/mol. The van der Waals surface area contributed by atoms with Crippen molar-refractivity contribution >= 4 is 25.3 Å². The third-order valence-corrected chi connectivity index (χ3v) is 7.05. The maximum Gasteiger partial charge on any atom is 0.372 e. The zero-order valence-corrected chi connectivity index (χ0v) is 11.8. The highest BCUT2D eigenvalue weighted by molar-refractivity contribution is 6.81. The van der Waals surface area contributed by atoms with Crippen molar-refractivity contribution < 1.29 is 8.85 Å². The summed E-state index contributed by atoms with van der Waals surface area (Å²) in [4.78, 5) is 0. The number of rotatable bonds is 6. The summed E-state index contributed by atoms with van der Waals surface area (Å²) in [6.45, 7) is 2.12. The van der Waals surface area contributed by atoms with Gasteiger partial charge in [-0.3, -0.25) is 0 Å². The van der Waals surface area contributed by atoms with Crippen LogP contribution >= 0.6 is 11.6 Å². The summed E-state index contributed by atoms with van der Waals surface area (Å²) in [5.74, 6) is 1.03. The van der Waals surface area contributed by atoms with E-state index in [1.165, 1.54) is 0 Å². The molecule has 0 aliphatic carbocycles. The van der Waals surface area contributed by atoms with Gasteiger partial charge in [0.15, 0.2) is 0 Å². The van der Waals surface area contributed by atoms with Gasteiger partial charge in [-0.05, 0) is 17.1 Å². The van der Waals surface area contributed by atoms with Gasteiger partial charge < -0.3 is 8.85 Å². The Bertz CT molecular complexity index is 301. The van der Waals surface area contributed by atoms with E-state index < -0.39 is 8.56 Å². The van der Waals surface area contributed by atoms with Crippen LogP contribution in [-0.2, 0) is 8.85 Å². The molecule has 90 valence electrons. The first-order valence-electron chi connectivity index (χ1n) is 5.40. The highest BCUT2D eigenvalue weighted by Gasteiger charge is 2.39. The molecule has 0 fully saturated rings. The van der Waals surface area contributed by atoms with Crippen LogP contribution in [-0.4, -0.2) is 28.7 Å². The lowest BCUT2D eigenvalue weighted by atomic mass is 10.3. The van der Waals surface area contributed by atoms with Crippen LogP contribution in [0.2, 0.25) is 6.04 Å². The quantitative estimate of drug-likeness (QED) is 0.577. The van der Waals surface area contributed by atoms with Gasteiger partial charge in [0.1, 0.15) is 0 Å². The molecule has 0 radical (unpaired) electrons. The third kappa shape index (κ3) is 3.07. The van der Waals surface area contributed by atoms with Crippen LogP contribution < -0.4 is 5.19 Å². The Hall–Kier alpha value is -0.353. The van der Waals surface area contributed by atoms with E-state index in [2.05, 4.69) is 19.1 Å². The van der Waals surface area contributed by atoms with E-state index in [0.717, 1.165) is 11.2 Å². The minimum absolute atomic E-state index is 0.397. The van der Waals surface area contributed by atoms with Gasteiger partial charge in [0.05, 0.1) is 0 Å². The lowest BCUT2D eigenvalue weighted by Crippen LogP contribution is -2.53. The van der Waals surface area contributed by atoms with Crippen LogP contribution in [0.4, 0.5) is 0 Å². The Morgan fingerprint density at radius 3 is 2.19 bits per heavy atom. The van der Waals surface area contributed by atoms with Gasteiger partial charge in [0, 0.05) is 20.1 Å². The van der Waals surface area contributed by atoms with Crippen molar-refractivity contribution in [3.63, 3.8) is 0 Å². The molecule has 1 atom stereocenters. The normalized spacial score (nSPS) is 13.8. The maximum atomic E-state index is 5.87. The molecule has 1 rings (SSSR count). The molecule has 0 aliphatic rings. The molecule has 0 aliphatic heterocycles. The SMILES string of the molecule is CO[Si](CC(C)CCl)(OC)c1ccccc1. The maximum absolute atomic E-state index is 5.87. The molecule has 16 heavy (non-hydrogen) atoms. The third-order valence-electron chi connectivity index (χ3n) is 2.75. The Morgan fingerprint density at radius 2 is 1.75 bits per heavy atom. The highest BCUT2D eigenvalue weighted by atomic mass is 35.5. The van der Waals surface area contributed by atoms with E-state index in [9.17, 15) is 0 Å². The standard InChI is InChI=1S/C12H19ClO2Si/c1-11(9-13)10-16(14-2,15-3)12-7-5-4-6-8-12/h4-8,11H,9-10H2,1-3H3. The summed E-state index contributed by atoms with van der Waals surface area (Å²) < 4.78 is 11.4.